The summed E-state index contributed by atoms with van der Waals surface area (Å²) in [6, 6.07) is 6.76. The highest BCUT2D eigenvalue weighted by atomic mass is 19.1. The van der Waals surface area contributed by atoms with Gasteiger partial charge in [-0.25, -0.2) is 4.39 Å². The van der Waals surface area contributed by atoms with Crippen molar-refractivity contribution in [2.24, 2.45) is 5.84 Å². The van der Waals surface area contributed by atoms with Gasteiger partial charge in [-0.2, -0.15) is 0 Å². The zero-order valence-corrected chi connectivity index (χ0v) is 8.04. The Morgan fingerprint density at radius 2 is 2.21 bits per heavy atom. The summed E-state index contributed by atoms with van der Waals surface area (Å²) in [5.41, 5.74) is 3.32. The maximum atomic E-state index is 13.2. The van der Waals surface area contributed by atoms with Crippen molar-refractivity contribution in [1.82, 2.24) is 5.43 Å². The first-order valence-electron chi connectivity index (χ1n) is 4.58. The molecule has 1 aromatic rings. The van der Waals surface area contributed by atoms with E-state index >= 15 is 0 Å². The molecule has 3 heteroatoms. The third-order valence-corrected chi connectivity index (χ3v) is 2.11. The van der Waals surface area contributed by atoms with Gasteiger partial charge in [-0.05, 0) is 24.5 Å². The van der Waals surface area contributed by atoms with Crippen LogP contribution in [0.2, 0.25) is 0 Å². The van der Waals surface area contributed by atoms with Gasteiger partial charge in [0.15, 0.2) is 0 Å². The van der Waals surface area contributed by atoms with Crippen molar-refractivity contribution in [1.29, 1.82) is 0 Å². The van der Waals surface area contributed by atoms with Gasteiger partial charge >= 0.3 is 0 Å². The minimum atomic E-state index is -0.184. The van der Waals surface area contributed by atoms with Crippen LogP contribution in [0.25, 0.3) is 0 Å². The summed E-state index contributed by atoms with van der Waals surface area (Å²) in [6.07, 6.45) is 3.07. The fraction of sp³-hybridized carbons (Fsp3) is 0.273. The minimum Gasteiger partial charge on any atom is -0.271 e. The first kappa shape index (κ1) is 10.9. The molecule has 0 heterocycles. The van der Waals surface area contributed by atoms with Crippen LogP contribution in [0, 0.1) is 5.82 Å². The summed E-state index contributed by atoms with van der Waals surface area (Å²) in [4.78, 5) is 0. The van der Waals surface area contributed by atoms with Crippen molar-refractivity contribution >= 4 is 0 Å². The normalized spacial score (nSPS) is 12.4. The predicted octanol–water partition coefficient (Wildman–Crippen LogP) is 1.78. The van der Waals surface area contributed by atoms with Gasteiger partial charge in [0.25, 0.3) is 0 Å². The molecule has 3 N–H and O–H groups in total. The number of nitrogens with two attached hydrogens (primary N) is 1. The summed E-state index contributed by atoms with van der Waals surface area (Å²) in [7, 11) is 0. The zero-order chi connectivity index (χ0) is 10.4. The van der Waals surface area contributed by atoms with Crippen LogP contribution in [0.5, 0.6) is 0 Å². The van der Waals surface area contributed by atoms with Crippen molar-refractivity contribution < 1.29 is 4.39 Å². The lowest BCUT2D eigenvalue weighted by molar-refractivity contribution is 0.513. The van der Waals surface area contributed by atoms with E-state index in [2.05, 4.69) is 12.0 Å². The molecule has 0 saturated heterocycles. The Hall–Kier alpha value is -1.19. The number of hydrogen-bond donors (Lipinski definition) is 2. The Kier molecular flexibility index (Phi) is 4.29. The number of nitrogens with one attached hydrogen (secondary N) is 1. The second-order valence-electron chi connectivity index (χ2n) is 3.18. The fourth-order valence-corrected chi connectivity index (χ4v) is 1.34. The van der Waals surface area contributed by atoms with Crippen molar-refractivity contribution in [3.63, 3.8) is 0 Å². The van der Waals surface area contributed by atoms with Gasteiger partial charge in [0.1, 0.15) is 5.82 Å². The van der Waals surface area contributed by atoms with Gasteiger partial charge in [0.05, 0.1) is 0 Å². The predicted molar refractivity (Wildman–Crippen MR) is 56.0 cm³/mol. The highest BCUT2D eigenvalue weighted by Gasteiger charge is 2.08. The number of hydrogen-bond acceptors (Lipinski definition) is 2. The Morgan fingerprint density at radius 3 is 2.79 bits per heavy atom. The van der Waals surface area contributed by atoms with E-state index in [1.807, 2.05) is 6.07 Å². The first-order chi connectivity index (χ1) is 6.77. The van der Waals surface area contributed by atoms with Gasteiger partial charge in [-0.3, -0.25) is 11.3 Å². The maximum Gasteiger partial charge on any atom is 0.126 e. The Labute approximate surface area is 83.6 Å². The highest BCUT2D eigenvalue weighted by Crippen LogP contribution is 2.10. The largest absolute Gasteiger partial charge is 0.271 e. The van der Waals surface area contributed by atoms with Crippen LogP contribution in [-0.2, 0) is 6.42 Å². The molecule has 14 heavy (non-hydrogen) atoms. The van der Waals surface area contributed by atoms with E-state index in [0.717, 1.165) is 6.42 Å². The quantitative estimate of drug-likeness (QED) is 0.426. The molecule has 0 radical (unpaired) electrons. The Morgan fingerprint density at radius 1 is 1.50 bits per heavy atom. The van der Waals surface area contributed by atoms with Gasteiger partial charge < -0.3 is 0 Å². The SMILES string of the molecule is C=CCC(Cc1ccccc1F)NN. The lowest BCUT2D eigenvalue weighted by Crippen LogP contribution is -2.36. The van der Waals surface area contributed by atoms with Crippen molar-refractivity contribution in [3.8, 4) is 0 Å². The third-order valence-electron chi connectivity index (χ3n) is 2.11. The van der Waals surface area contributed by atoms with Crippen LogP contribution in [0.4, 0.5) is 4.39 Å². The second kappa shape index (κ2) is 5.52. The van der Waals surface area contributed by atoms with Gasteiger partial charge in [0.2, 0.25) is 0 Å². The van der Waals surface area contributed by atoms with Crippen molar-refractivity contribution in [2.75, 3.05) is 0 Å². The molecule has 0 bridgehead atoms. The average Bonchev–Trinajstić information content (AvgIpc) is 2.20. The summed E-state index contributed by atoms with van der Waals surface area (Å²) in [5.74, 6) is 5.15. The monoisotopic (exact) mass is 194 g/mol. The first-order valence-corrected chi connectivity index (χ1v) is 4.58. The number of benzene rings is 1. The van der Waals surface area contributed by atoms with Gasteiger partial charge in [0, 0.05) is 6.04 Å². The fourth-order valence-electron chi connectivity index (χ4n) is 1.34. The molecule has 0 amide bonds. The van der Waals surface area contributed by atoms with Crippen molar-refractivity contribution in [2.45, 2.75) is 18.9 Å². The van der Waals surface area contributed by atoms with Gasteiger partial charge in [-0.15, -0.1) is 6.58 Å². The maximum absolute atomic E-state index is 13.2. The molecule has 0 spiro atoms. The number of halogens is 1. The van der Waals surface area contributed by atoms with Gasteiger partial charge in [-0.1, -0.05) is 24.3 Å². The summed E-state index contributed by atoms with van der Waals surface area (Å²) >= 11 is 0. The second-order valence-corrected chi connectivity index (χ2v) is 3.18. The van der Waals surface area contributed by atoms with Crippen LogP contribution in [0.15, 0.2) is 36.9 Å². The van der Waals surface area contributed by atoms with E-state index in [4.69, 9.17) is 5.84 Å². The Bertz CT molecular complexity index is 299. The van der Waals surface area contributed by atoms with Crippen LogP contribution >= 0.6 is 0 Å². The minimum absolute atomic E-state index is 0.0457. The molecule has 76 valence electrons. The molecule has 0 aliphatic heterocycles. The van der Waals surface area contributed by atoms with E-state index < -0.39 is 0 Å². The lowest BCUT2D eigenvalue weighted by atomic mass is 10.0. The number of hydrazine groups is 1. The molecular formula is C11H15FN2. The summed E-state index contributed by atoms with van der Waals surface area (Å²) in [5, 5.41) is 0. The average molecular weight is 194 g/mol. The van der Waals surface area contributed by atoms with E-state index in [1.165, 1.54) is 6.07 Å². The van der Waals surface area contributed by atoms with E-state index in [1.54, 1.807) is 18.2 Å². The standard InChI is InChI=1S/C11H15FN2/c1-2-5-10(14-13)8-9-6-3-4-7-11(9)12/h2-4,6-7,10,14H,1,5,8,13H2. The van der Waals surface area contributed by atoms with Crippen LogP contribution in [0.3, 0.4) is 0 Å². The molecule has 2 nitrogen and oxygen atoms in total. The molecule has 0 aliphatic rings. The van der Waals surface area contributed by atoms with E-state index in [-0.39, 0.29) is 11.9 Å². The molecule has 1 atom stereocenters. The zero-order valence-electron chi connectivity index (χ0n) is 8.04. The van der Waals surface area contributed by atoms with Crippen molar-refractivity contribution in [3.05, 3.63) is 48.3 Å². The van der Waals surface area contributed by atoms with Crippen LogP contribution in [0.1, 0.15) is 12.0 Å². The molecule has 1 unspecified atom stereocenters. The molecule has 0 saturated carbocycles. The summed E-state index contributed by atoms with van der Waals surface area (Å²) in [6.45, 7) is 3.62. The number of rotatable bonds is 5. The highest BCUT2D eigenvalue weighted by molar-refractivity contribution is 5.18. The van der Waals surface area contributed by atoms with Crippen LogP contribution < -0.4 is 11.3 Å². The Balaban J connectivity index is 2.66. The topological polar surface area (TPSA) is 38.0 Å². The molecule has 0 aliphatic carbocycles. The molecule has 0 aromatic heterocycles. The smallest absolute Gasteiger partial charge is 0.126 e. The van der Waals surface area contributed by atoms with Crippen LogP contribution in [-0.4, -0.2) is 6.04 Å². The lowest BCUT2D eigenvalue weighted by Gasteiger charge is -2.13. The molecule has 0 fully saturated rings. The molecular weight excluding hydrogens is 179 g/mol. The van der Waals surface area contributed by atoms with E-state index in [0.29, 0.717) is 12.0 Å². The molecule has 1 aromatic carbocycles. The summed E-state index contributed by atoms with van der Waals surface area (Å²) < 4.78 is 13.2. The molecule has 1 rings (SSSR count). The third kappa shape index (κ3) is 2.94. The van der Waals surface area contributed by atoms with E-state index in [9.17, 15) is 4.39 Å².